The number of benzene rings is 1. The fourth-order valence-corrected chi connectivity index (χ4v) is 1.92. The summed E-state index contributed by atoms with van der Waals surface area (Å²) >= 11 is 5.03. The summed E-state index contributed by atoms with van der Waals surface area (Å²) < 4.78 is 18.3. The lowest BCUT2D eigenvalue weighted by molar-refractivity contribution is 0.275. The van der Waals surface area contributed by atoms with Crippen molar-refractivity contribution in [2.75, 3.05) is 20.8 Å². The molecule has 0 saturated carbocycles. The maximum atomic E-state index is 5.69. The predicted octanol–water partition coefficient (Wildman–Crippen LogP) is 2.63. The Hall–Kier alpha value is -2.35. The minimum Gasteiger partial charge on any atom is -0.493 e. The van der Waals surface area contributed by atoms with Crippen LogP contribution in [0.1, 0.15) is 18.9 Å². The molecule has 0 unspecified atom stereocenters. The van der Waals surface area contributed by atoms with Gasteiger partial charge in [-0.1, -0.05) is 6.92 Å². The molecule has 22 heavy (non-hydrogen) atoms. The number of hydrogen-bond donors (Lipinski definition) is 1. The van der Waals surface area contributed by atoms with Crippen molar-refractivity contribution in [2.24, 2.45) is 5.10 Å². The van der Waals surface area contributed by atoms with Crippen LogP contribution in [0.2, 0.25) is 0 Å². The molecule has 0 amide bonds. The molecule has 2 aromatic rings. The molecule has 2 rings (SSSR count). The molecular weight excluding hydrogens is 304 g/mol. The second-order valence-corrected chi connectivity index (χ2v) is 4.74. The predicted molar refractivity (Wildman–Crippen MR) is 85.7 cm³/mol. The van der Waals surface area contributed by atoms with E-state index in [9.17, 15) is 0 Å². The molecule has 118 valence electrons. The van der Waals surface area contributed by atoms with Gasteiger partial charge in [0, 0.05) is 5.56 Å². The third-order valence-corrected chi connectivity index (χ3v) is 3.08. The first kappa shape index (κ1) is 16.0. The van der Waals surface area contributed by atoms with Crippen LogP contribution >= 0.6 is 12.2 Å². The van der Waals surface area contributed by atoms with E-state index < -0.39 is 0 Å². The van der Waals surface area contributed by atoms with Crippen molar-refractivity contribution in [1.82, 2.24) is 14.9 Å². The van der Waals surface area contributed by atoms with Crippen molar-refractivity contribution >= 4 is 18.4 Å². The second kappa shape index (κ2) is 7.60. The molecule has 0 aliphatic carbocycles. The van der Waals surface area contributed by atoms with Gasteiger partial charge in [-0.3, -0.25) is 5.10 Å². The van der Waals surface area contributed by atoms with Crippen LogP contribution in [0.15, 0.2) is 23.6 Å². The first-order valence-electron chi connectivity index (χ1n) is 6.74. The van der Waals surface area contributed by atoms with Crippen molar-refractivity contribution < 1.29 is 14.2 Å². The Bertz CT molecular complexity index is 683. The molecule has 0 saturated heterocycles. The van der Waals surface area contributed by atoms with E-state index in [2.05, 4.69) is 15.3 Å². The second-order valence-electron chi connectivity index (χ2n) is 4.35. The van der Waals surface area contributed by atoms with Gasteiger partial charge in [0.25, 0.3) is 0 Å². The molecule has 0 atom stereocenters. The number of H-pyrrole nitrogens is 1. The molecule has 7 nitrogen and oxygen atoms in total. The zero-order valence-electron chi connectivity index (χ0n) is 12.7. The molecule has 1 N–H and O–H groups in total. The molecule has 1 aromatic carbocycles. The monoisotopic (exact) mass is 322 g/mol. The Morgan fingerprint density at radius 2 is 2.00 bits per heavy atom. The Labute approximate surface area is 133 Å². The Morgan fingerprint density at radius 3 is 2.50 bits per heavy atom. The van der Waals surface area contributed by atoms with Gasteiger partial charge in [-0.05, 0) is 30.8 Å². The summed E-state index contributed by atoms with van der Waals surface area (Å²) in [5.41, 5.74) is 0.792. The summed E-state index contributed by atoms with van der Waals surface area (Å²) in [4.78, 5) is 0. The molecule has 0 aliphatic heterocycles. The number of nitrogens with zero attached hydrogens (tertiary/aromatic N) is 3. The highest BCUT2D eigenvalue weighted by atomic mass is 32.1. The normalized spacial score (nSPS) is 10.9. The summed E-state index contributed by atoms with van der Waals surface area (Å²) in [6, 6.07) is 3.64. The SMILES string of the molecule is CCCOc1c(OC)cc(/C=N\n2cn[nH]c2=S)cc1OC. The zero-order valence-corrected chi connectivity index (χ0v) is 13.5. The summed E-state index contributed by atoms with van der Waals surface area (Å²) in [7, 11) is 3.17. The average Bonchev–Trinajstić information content (AvgIpc) is 2.95. The molecule has 8 heteroatoms. The summed E-state index contributed by atoms with van der Waals surface area (Å²) in [6.45, 7) is 2.62. The molecular formula is C14H18N4O3S. The minimum atomic E-state index is 0.415. The van der Waals surface area contributed by atoms with E-state index in [-0.39, 0.29) is 0 Å². The fourth-order valence-electron chi connectivity index (χ4n) is 1.77. The van der Waals surface area contributed by atoms with E-state index in [0.717, 1.165) is 12.0 Å². The third kappa shape index (κ3) is 3.64. The van der Waals surface area contributed by atoms with E-state index in [1.165, 1.54) is 11.0 Å². The van der Waals surface area contributed by atoms with Crippen LogP contribution in [0.25, 0.3) is 0 Å². The maximum absolute atomic E-state index is 5.69. The van der Waals surface area contributed by atoms with Gasteiger partial charge in [0.05, 0.1) is 27.0 Å². The van der Waals surface area contributed by atoms with E-state index in [4.69, 9.17) is 26.4 Å². The number of aromatic nitrogens is 3. The Kier molecular flexibility index (Phi) is 5.54. The van der Waals surface area contributed by atoms with Gasteiger partial charge in [0.1, 0.15) is 6.33 Å². The van der Waals surface area contributed by atoms with E-state index >= 15 is 0 Å². The fraction of sp³-hybridized carbons (Fsp3) is 0.357. The maximum Gasteiger partial charge on any atom is 0.216 e. The van der Waals surface area contributed by atoms with Crippen molar-refractivity contribution in [2.45, 2.75) is 13.3 Å². The largest absolute Gasteiger partial charge is 0.493 e. The molecule has 1 aromatic heterocycles. The van der Waals surface area contributed by atoms with E-state index in [1.807, 2.05) is 19.1 Å². The van der Waals surface area contributed by atoms with Crippen LogP contribution in [0.5, 0.6) is 17.2 Å². The van der Waals surface area contributed by atoms with Gasteiger partial charge in [-0.2, -0.15) is 14.9 Å². The number of rotatable bonds is 7. The first-order chi connectivity index (χ1) is 10.7. The number of nitrogens with one attached hydrogen (secondary N) is 1. The molecule has 0 aliphatic rings. The van der Waals surface area contributed by atoms with Gasteiger partial charge in [-0.25, -0.2) is 0 Å². The molecule has 0 spiro atoms. The number of aromatic amines is 1. The Morgan fingerprint density at radius 1 is 1.32 bits per heavy atom. The van der Waals surface area contributed by atoms with Crippen LogP contribution in [-0.4, -0.2) is 41.9 Å². The molecule has 0 fully saturated rings. The average molecular weight is 322 g/mol. The van der Waals surface area contributed by atoms with Gasteiger partial charge in [0.2, 0.25) is 10.5 Å². The lowest BCUT2D eigenvalue weighted by Gasteiger charge is -2.14. The van der Waals surface area contributed by atoms with Crippen molar-refractivity contribution in [3.63, 3.8) is 0 Å². The molecule has 1 heterocycles. The van der Waals surface area contributed by atoms with Crippen LogP contribution in [-0.2, 0) is 0 Å². The standard InChI is InChI=1S/C14H18N4O3S/c1-4-5-21-13-11(19-2)6-10(7-12(13)20-3)8-16-18-9-15-17-14(18)22/h6-9H,4-5H2,1-3H3,(H,17,22)/b16-8-. The highest BCUT2D eigenvalue weighted by molar-refractivity contribution is 7.71. The van der Waals surface area contributed by atoms with E-state index in [1.54, 1.807) is 20.4 Å². The quantitative estimate of drug-likeness (QED) is 0.626. The van der Waals surface area contributed by atoms with Gasteiger partial charge in [0.15, 0.2) is 11.5 Å². The third-order valence-electron chi connectivity index (χ3n) is 2.80. The summed E-state index contributed by atoms with van der Waals surface area (Å²) in [5, 5.41) is 10.6. The summed E-state index contributed by atoms with van der Waals surface area (Å²) in [5.74, 6) is 1.76. The number of methoxy groups -OCH3 is 2. The van der Waals surface area contributed by atoms with Crippen molar-refractivity contribution in [1.29, 1.82) is 0 Å². The van der Waals surface area contributed by atoms with Crippen LogP contribution < -0.4 is 14.2 Å². The van der Waals surface area contributed by atoms with E-state index in [0.29, 0.717) is 28.6 Å². The first-order valence-corrected chi connectivity index (χ1v) is 7.15. The van der Waals surface area contributed by atoms with Crippen LogP contribution in [0.3, 0.4) is 0 Å². The Balaban J connectivity index is 2.35. The summed E-state index contributed by atoms with van der Waals surface area (Å²) in [6.07, 6.45) is 4.03. The lowest BCUT2D eigenvalue weighted by atomic mass is 10.2. The lowest BCUT2D eigenvalue weighted by Crippen LogP contribution is -2.01. The van der Waals surface area contributed by atoms with Crippen molar-refractivity contribution in [3.8, 4) is 17.2 Å². The van der Waals surface area contributed by atoms with Crippen molar-refractivity contribution in [3.05, 3.63) is 28.8 Å². The van der Waals surface area contributed by atoms with Gasteiger partial charge >= 0.3 is 0 Å². The highest BCUT2D eigenvalue weighted by Gasteiger charge is 2.13. The molecule has 0 bridgehead atoms. The topological polar surface area (TPSA) is 73.7 Å². The zero-order chi connectivity index (χ0) is 15.9. The highest BCUT2D eigenvalue weighted by Crippen LogP contribution is 2.38. The number of hydrogen-bond acceptors (Lipinski definition) is 6. The smallest absolute Gasteiger partial charge is 0.216 e. The van der Waals surface area contributed by atoms with Crippen LogP contribution in [0.4, 0.5) is 0 Å². The van der Waals surface area contributed by atoms with Gasteiger partial charge < -0.3 is 14.2 Å². The van der Waals surface area contributed by atoms with Gasteiger partial charge in [-0.15, -0.1) is 0 Å². The molecule has 0 radical (unpaired) electrons. The van der Waals surface area contributed by atoms with Crippen LogP contribution in [0, 0.1) is 4.77 Å². The number of ether oxygens (including phenoxy) is 3. The minimum absolute atomic E-state index is 0.415.